The summed E-state index contributed by atoms with van der Waals surface area (Å²) in [6, 6.07) is 0. The second-order valence-corrected chi connectivity index (χ2v) is 3.30. The molecule has 0 saturated heterocycles. The molecule has 0 spiro atoms. The average Bonchev–Trinajstić information content (AvgIpc) is 2.88. The van der Waals surface area contributed by atoms with E-state index < -0.39 is 0 Å². The summed E-state index contributed by atoms with van der Waals surface area (Å²) >= 11 is 0. The van der Waals surface area contributed by atoms with E-state index in [9.17, 15) is 0 Å². The molecule has 0 bridgehead atoms. The third-order valence-corrected chi connectivity index (χ3v) is 2.41. The number of aliphatic imine (C=N–C) groups is 1. The molecule has 0 radical (unpaired) electrons. The van der Waals surface area contributed by atoms with Crippen LogP contribution < -0.4 is 0 Å². The van der Waals surface area contributed by atoms with Gasteiger partial charge >= 0.3 is 0 Å². The van der Waals surface area contributed by atoms with Crippen molar-refractivity contribution in [1.82, 2.24) is 0 Å². The molecule has 2 rings (SSSR count). The molecular formula is C8H12N2O2. The zero-order chi connectivity index (χ0) is 8.44. The third kappa shape index (κ3) is 1.22. The zero-order valence-electron chi connectivity index (χ0n) is 7.12. The van der Waals surface area contributed by atoms with Crippen molar-refractivity contribution in [3.05, 3.63) is 0 Å². The summed E-state index contributed by atoms with van der Waals surface area (Å²) in [5.41, 5.74) is 1.19. The molecule has 0 aromatic carbocycles. The second-order valence-electron chi connectivity index (χ2n) is 3.30. The van der Waals surface area contributed by atoms with Gasteiger partial charge in [-0.3, -0.25) is 0 Å². The van der Waals surface area contributed by atoms with E-state index >= 15 is 0 Å². The number of methoxy groups -OCH3 is 1. The Kier molecular flexibility index (Phi) is 1.84. The fourth-order valence-electron chi connectivity index (χ4n) is 1.48. The molecule has 1 saturated carbocycles. The van der Waals surface area contributed by atoms with Crippen LogP contribution in [-0.2, 0) is 9.57 Å². The van der Waals surface area contributed by atoms with Crippen LogP contribution in [0.2, 0.25) is 0 Å². The summed E-state index contributed by atoms with van der Waals surface area (Å²) in [4.78, 5) is 8.81. The van der Waals surface area contributed by atoms with Gasteiger partial charge in [0.2, 0.25) is 6.40 Å². The van der Waals surface area contributed by atoms with E-state index in [2.05, 4.69) is 10.1 Å². The monoisotopic (exact) mass is 168 g/mol. The Bertz CT molecular complexity index is 231. The summed E-state index contributed by atoms with van der Waals surface area (Å²) in [6.07, 6.45) is 3.68. The fourth-order valence-corrected chi connectivity index (χ4v) is 1.48. The van der Waals surface area contributed by atoms with Gasteiger partial charge in [-0.1, -0.05) is 5.16 Å². The molecule has 0 aromatic rings. The lowest BCUT2D eigenvalue weighted by Gasteiger charge is -2.16. The molecule has 1 fully saturated rings. The minimum Gasteiger partial charge on any atom is -0.384 e. The van der Waals surface area contributed by atoms with Crippen molar-refractivity contribution in [2.24, 2.45) is 15.6 Å². The molecule has 0 unspecified atom stereocenters. The van der Waals surface area contributed by atoms with Crippen molar-refractivity contribution in [1.29, 1.82) is 0 Å². The first-order chi connectivity index (χ1) is 5.87. The summed E-state index contributed by atoms with van der Waals surface area (Å²) < 4.78 is 5.13. The predicted molar refractivity (Wildman–Crippen MR) is 45.4 cm³/mol. The van der Waals surface area contributed by atoms with Crippen LogP contribution in [0.25, 0.3) is 0 Å². The van der Waals surface area contributed by atoms with Crippen molar-refractivity contribution >= 4 is 12.1 Å². The highest BCUT2D eigenvalue weighted by Crippen LogP contribution is 2.47. The number of hydrogen-bond donors (Lipinski definition) is 0. The lowest BCUT2D eigenvalue weighted by molar-refractivity contribution is 0.165. The van der Waals surface area contributed by atoms with Gasteiger partial charge < -0.3 is 9.57 Å². The van der Waals surface area contributed by atoms with Crippen LogP contribution in [0.1, 0.15) is 12.8 Å². The maximum atomic E-state index is 5.13. The van der Waals surface area contributed by atoms with Gasteiger partial charge in [0.05, 0.1) is 18.9 Å². The van der Waals surface area contributed by atoms with Crippen LogP contribution >= 0.6 is 0 Å². The Balaban J connectivity index is 2.03. The number of ether oxygens (including phenoxy) is 1. The van der Waals surface area contributed by atoms with Gasteiger partial charge in [-0.2, -0.15) is 0 Å². The van der Waals surface area contributed by atoms with Gasteiger partial charge in [-0.25, -0.2) is 4.99 Å². The highest BCUT2D eigenvalue weighted by Gasteiger charge is 2.48. The summed E-state index contributed by atoms with van der Waals surface area (Å²) in [5.74, 6) is 0. The first-order valence-corrected chi connectivity index (χ1v) is 4.08. The molecule has 4 nitrogen and oxygen atoms in total. The van der Waals surface area contributed by atoms with E-state index in [0.717, 1.165) is 25.2 Å². The molecule has 12 heavy (non-hydrogen) atoms. The first kappa shape index (κ1) is 7.73. The molecule has 1 aliphatic heterocycles. The third-order valence-electron chi connectivity index (χ3n) is 2.41. The predicted octanol–water partition coefficient (Wildman–Crippen LogP) is 0.828. The number of nitrogens with zero attached hydrogens (tertiary/aromatic N) is 2. The Labute approximate surface area is 71.3 Å². The number of oxime groups is 1. The van der Waals surface area contributed by atoms with Gasteiger partial charge in [-0.15, -0.1) is 0 Å². The van der Waals surface area contributed by atoms with Crippen molar-refractivity contribution in [2.45, 2.75) is 12.8 Å². The van der Waals surface area contributed by atoms with Crippen molar-refractivity contribution < 1.29 is 9.57 Å². The van der Waals surface area contributed by atoms with Gasteiger partial charge in [0.25, 0.3) is 0 Å². The Hall–Kier alpha value is -0.900. The van der Waals surface area contributed by atoms with E-state index in [0.29, 0.717) is 6.54 Å². The average molecular weight is 168 g/mol. The Morgan fingerprint density at radius 3 is 3.00 bits per heavy atom. The maximum Gasteiger partial charge on any atom is 0.207 e. The molecule has 4 heteroatoms. The summed E-state index contributed by atoms with van der Waals surface area (Å²) in [6.45, 7) is 1.41. The van der Waals surface area contributed by atoms with Crippen LogP contribution in [0.15, 0.2) is 10.1 Å². The largest absolute Gasteiger partial charge is 0.384 e. The Morgan fingerprint density at radius 2 is 2.50 bits per heavy atom. The molecule has 0 N–H and O–H groups in total. The summed E-state index contributed by atoms with van der Waals surface area (Å²) in [7, 11) is 1.72. The SMILES string of the molecule is COCC1(C2=NOC=NC2)CC1. The Morgan fingerprint density at radius 1 is 1.67 bits per heavy atom. The molecule has 2 aliphatic rings. The van der Waals surface area contributed by atoms with E-state index in [1.807, 2.05) is 0 Å². The second kappa shape index (κ2) is 2.86. The quantitative estimate of drug-likeness (QED) is 0.626. The van der Waals surface area contributed by atoms with Gasteiger partial charge in [-0.05, 0) is 12.8 Å². The standard InChI is InChI=1S/C8H12N2O2/c1-11-5-8(2-3-8)7-4-9-6-12-10-7/h6H,2-5H2,1H3. The molecule has 0 amide bonds. The van der Waals surface area contributed by atoms with Crippen molar-refractivity contribution in [3.8, 4) is 0 Å². The highest BCUT2D eigenvalue weighted by molar-refractivity contribution is 5.95. The normalized spacial score (nSPS) is 24.6. The first-order valence-electron chi connectivity index (χ1n) is 4.08. The van der Waals surface area contributed by atoms with Crippen LogP contribution in [0, 0.1) is 5.41 Å². The topological polar surface area (TPSA) is 43.2 Å². The van der Waals surface area contributed by atoms with Crippen LogP contribution in [-0.4, -0.2) is 32.4 Å². The molecule has 1 heterocycles. The fraction of sp³-hybridized carbons (Fsp3) is 0.750. The van der Waals surface area contributed by atoms with E-state index in [-0.39, 0.29) is 5.41 Å². The van der Waals surface area contributed by atoms with Crippen molar-refractivity contribution in [3.63, 3.8) is 0 Å². The molecule has 0 aromatic heterocycles. The maximum absolute atomic E-state index is 5.13. The lowest BCUT2D eigenvalue weighted by atomic mass is 10.0. The van der Waals surface area contributed by atoms with Crippen LogP contribution in [0.5, 0.6) is 0 Å². The van der Waals surface area contributed by atoms with E-state index in [1.54, 1.807) is 7.11 Å². The van der Waals surface area contributed by atoms with E-state index in [1.165, 1.54) is 6.40 Å². The smallest absolute Gasteiger partial charge is 0.207 e. The minimum atomic E-state index is 0.159. The number of rotatable bonds is 3. The minimum absolute atomic E-state index is 0.159. The number of hydrogen-bond acceptors (Lipinski definition) is 4. The zero-order valence-corrected chi connectivity index (χ0v) is 7.12. The van der Waals surface area contributed by atoms with Crippen LogP contribution in [0.4, 0.5) is 0 Å². The lowest BCUT2D eigenvalue weighted by Crippen LogP contribution is -2.25. The molecule has 1 aliphatic carbocycles. The van der Waals surface area contributed by atoms with Gasteiger partial charge in [0.1, 0.15) is 0 Å². The van der Waals surface area contributed by atoms with E-state index in [4.69, 9.17) is 9.57 Å². The summed E-state index contributed by atoms with van der Waals surface area (Å²) in [5, 5.41) is 3.97. The van der Waals surface area contributed by atoms with Gasteiger partial charge in [0, 0.05) is 12.5 Å². The molecule has 66 valence electrons. The highest BCUT2D eigenvalue weighted by atomic mass is 16.6. The molecular weight excluding hydrogens is 156 g/mol. The van der Waals surface area contributed by atoms with Crippen molar-refractivity contribution in [2.75, 3.05) is 20.3 Å². The van der Waals surface area contributed by atoms with Crippen LogP contribution in [0.3, 0.4) is 0 Å². The molecule has 0 atom stereocenters. The van der Waals surface area contributed by atoms with Gasteiger partial charge in [0.15, 0.2) is 0 Å².